The molecule has 22 heavy (non-hydrogen) atoms. The number of nitrogens with zero attached hydrogens (tertiary/aromatic N) is 2. The molecule has 124 valence electrons. The second kappa shape index (κ2) is 5.88. The molecule has 1 unspecified atom stereocenters. The number of hydrogen-bond donors (Lipinski definition) is 2. The van der Waals surface area contributed by atoms with Crippen molar-refractivity contribution in [1.29, 1.82) is 0 Å². The Labute approximate surface area is 133 Å². The standard InChI is InChI=1S/C16H28N3O2P/c1-11-18-13(17)7-9-19(11)15-16(2,3)14(20)12(21-15)8-10-22(4,5)6/h7,9,12,14-15,20H,1,4,8,10H2,2-3,5-6H3,(H2,17,18)/t12-,14-,15?/m1/s1. The summed E-state index contributed by atoms with van der Waals surface area (Å²) in [6, 6.07) is 0. The third kappa shape index (κ3) is 3.48. The van der Waals surface area contributed by atoms with E-state index < -0.39 is 18.4 Å². The van der Waals surface area contributed by atoms with E-state index in [1.54, 1.807) is 6.08 Å². The quantitative estimate of drug-likeness (QED) is 0.774. The Bertz CT molecular complexity index is 562. The van der Waals surface area contributed by atoms with Crippen LogP contribution in [0, 0.1) is 5.41 Å². The first-order chi connectivity index (χ1) is 10.0. The molecule has 0 aliphatic carbocycles. The topological polar surface area (TPSA) is 71.1 Å². The van der Waals surface area contributed by atoms with Gasteiger partial charge in [0.1, 0.15) is 17.9 Å². The van der Waals surface area contributed by atoms with Crippen molar-refractivity contribution in [3.63, 3.8) is 0 Å². The van der Waals surface area contributed by atoms with Crippen molar-refractivity contribution in [3.8, 4) is 0 Å². The van der Waals surface area contributed by atoms with Crippen LogP contribution in [0.5, 0.6) is 0 Å². The summed E-state index contributed by atoms with van der Waals surface area (Å²) in [6.07, 6.45) is 8.56. The molecule has 5 nitrogen and oxygen atoms in total. The fourth-order valence-electron chi connectivity index (χ4n) is 2.87. The van der Waals surface area contributed by atoms with Gasteiger partial charge in [0.15, 0.2) is 0 Å². The van der Waals surface area contributed by atoms with Gasteiger partial charge in [0, 0.05) is 11.6 Å². The van der Waals surface area contributed by atoms with Crippen molar-refractivity contribution in [1.82, 2.24) is 4.90 Å². The van der Waals surface area contributed by atoms with E-state index in [4.69, 9.17) is 10.5 Å². The summed E-state index contributed by atoms with van der Waals surface area (Å²) in [7, 11) is 0. The van der Waals surface area contributed by atoms with Crippen LogP contribution in [0.3, 0.4) is 0 Å². The number of aliphatic hydroxyl groups excluding tert-OH is 1. The van der Waals surface area contributed by atoms with Crippen LogP contribution in [-0.4, -0.2) is 60.1 Å². The van der Waals surface area contributed by atoms with E-state index in [-0.39, 0.29) is 12.3 Å². The van der Waals surface area contributed by atoms with Gasteiger partial charge in [0.25, 0.3) is 0 Å². The molecule has 0 aromatic rings. The molecule has 0 saturated carbocycles. The fraction of sp³-hybridized carbons (Fsp3) is 0.625. The molecule has 0 amide bonds. The summed E-state index contributed by atoms with van der Waals surface area (Å²) in [5, 5.41) is 10.7. The highest BCUT2D eigenvalue weighted by atomic mass is 31.2. The molecule has 2 rings (SSSR count). The van der Waals surface area contributed by atoms with Crippen molar-refractivity contribution in [2.24, 2.45) is 16.1 Å². The minimum Gasteiger partial charge on any atom is -0.390 e. The maximum absolute atomic E-state index is 10.7. The molecule has 6 heteroatoms. The van der Waals surface area contributed by atoms with Crippen LogP contribution >= 0.6 is 6.89 Å². The highest BCUT2D eigenvalue weighted by Gasteiger charge is 2.52. The lowest BCUT2D eigenvalue weighted by molar-refractivity contribution is -0.0537. The Morgan fingerprint density at radius 3 is 2.68 bits per heavy atom. The highest BCUT2D eigenvalue weighted by molar-refractivity contribution is 7.72. The molecule has 2 aliphatic rings. The maximum atomic E-state index is 10.7. The Hall–Kier alpha value is -1.03. The SMILES string of the molecule is C=C1N=C(N)C=CN1C1O[C@H](CCP(=C)(C)C)[C@@H](O)C1(C)C. The van der Waals surface area contributed by atoms with Gasteiger partial charge in [0.05, 0.1) is 12.2 Å². The zero-order valence-corrected chi connectivity index (χ0v) is 14.9. The van der Waals surface area contributed by atoms with Gasteiger partial charge in [-0.05, 0) is 32.0 Å². The van der Waals surface area contributed by atoms with E-state index >= 15 is 0 Å². The zero-order valence-electron chi connectivity index (χ0n) is 14.0. The van der Waals surface area contributed by atoms with Gasteiger partial charge in [0.2, 0.25) is 0 Å². The van der Waals surface area contributed by atoms with Gasteiger partial charge in [-0.25, -0.2) is 4.99 Å². The first-order valence-electron chi connectivity index (χ1n) is 7.53. The van der Waals surface area contributed by atoms with Gasteiger partial charge in [-0.1, -0.05) is 20.4 Å². The van der Waals surface area contributed by atoms with Gasteiger partial charge < -0.3 is 20.5 Å². The summed E-state index contributed by atoms with van der Waals surface area (Å²) >= 11 is 0. The van der Waals surface area contributed by atoms with Crippen molar-refractivity contribution >= 4 is 19.0 Å². The van der Waals surface area contributed by atoms with E-state index in [2.05, 4.69) is 31.2 Å². The van der Waals surface area contributed by atoms with Crippen LogP contribution in [0.4, 0.5) is 0 Å². The van der Waals surface area contributed by atoms with Crippen LogP contribution in [-0.2, 0) is 4.74 Å². The molecule has 1 fully saturated rings. The minimum absolute atomic E-state index is 0.189. The molecule has 3 atom stereocenters. The lowest BCUT2D eigenvalue weighted by Gasteiger charge is -2.36. The van der Waals surface area contributed by atoms with Crippen LogP contribution in [0.15, 0.2) is 29.7 Å². The second-order valence-electron chi connectivity index (χ2n) is 7.42. The Morgan fingerprint density at radius 2 is 2.14 bits per heavy atom. The smallest absolute Gasteiger partial charge is 0.143 e. The van der Waals surface area contributed by atoms with Crippen molar-refractivity contribution < 1.29 is 9.84 Å². The predicted octanol–water partition coefficient (Wildman–Crippen LogP) is 1.86. The number of nitrogens with two attached hydrogens (primary N) is 1. The predicted molar refractivity (Wildman–Crippen MR) is 95.6 cm³/mol. The maximum Gasteiger partial charge on any atom is 0.143 e. The Morgan fingerprint density at radius 1 is 1.50 bits per heavy atom. The minimum atomic E-state index is -1.13. The van der Waals surface area contributed by atoms with Crippen molar-refractivity contribution in [2.45, 2.75) is 38.7 Å². The van der Waals surface area contributed by atoms with E-state index in [1.807, 2.05) is 24.9 Å². The van der Waals surface area contributed by atoms with Crippen LogP contribution < -0.4 is 5.73 Å². The zero-order chi connectivity index (χ0) is 16.7. The molecular formula is C16H28N3O2P. The number of amidine groups is 1. The Kier molecular flexibility index (Phi) is 4.63. The molecular weight excluding hydrogens is 297 g/mol. The van der Waals surface area contributed by atoms with E-state index in [0.717, 1.165) is 12.6 Å². The highest BCUT2D eigenvalue weighted by Crippen LogP contribution is 2.45. The number of rotatable bonds is 4. The number of aliphatic hydroxyl groups is 1. The van der Waals surface area contributed by atoms with Gasteiger partial charge in [-0.3, -0.25) is 0 Å². The molecule has 2 heterocycles. The second-order valence-corrected chi connectivity index (χ2v) is 11.7. The monoisotopic (exact) mass is 325 g/mol. The van der Waals surface area contributed by atoms with Crippen LogP contribution in [0.1, 0.15) is 20.3 Å². The van der Waals surface area contributed by atoms with E-state index in [0.29, 0.717) is 11.7 Å². The average Bonchev–Trinajstić information content (AvgIpc) is 2.59. The number of ether oxygens (including phenoxy) is 1. The molecule has 0 radical (unpaired) electrons. The molecule has 0 aromatic carbocycles. The molecule has 2 aliphatic heterocycles. The summed E-state index contributed by atoms with van der Waals surface area (Å²) in [5.74, 6) is 0.966. The number of hydrogen-bond acceptors (Lipinski definition) is 5. The van der Waals surface area contributed by atoms with Crippen molar-refractivity contribution in [3.05, 3.63) is 24.7 Å². The first-order valence-corrected chi connectivity index (χ1v) is 10.6. The summed E-state index contributed by atoms with van der Waals surface area (Å²) in [5.41, 5.74) is 5.26. The fourth-order valence-corrected chi connectivity index (χ4v) is 3.82. The molecule has 1 saturated heterocycles. The molecule has 0 bridgehead atoms. The molecule has 0 spiro atoms. The van der Waals surface area contributed by atoms with E-state index in [9.17, 15) is 5.11 Å². The Balaban J connectivity index is 2.15. The third-order valence-electron chi connectivity index (χ3n) is 4.29. The van der Waals surface area contributed by atoms with Crippen LogP contribution in [0.2, 0.25) is 0 Å². The summed E-state index contributed by atoms with van der Waals surface area (Å²) in [6.45, 7) is 11.2. The average molecular weight is 325 g/mol. The summed E-state index contributed by atoms with van der Waals surface area (Å²) < 4.78 is 6.17. The van der Waals surface area contributed by atoms with Gasteiger partial charge in [-0.15, -0.1) is 13.2 Å². The molecule has 0 aromatic heterocycles. The lowest BCUT2D eigenvalue weighted by Crippen LogP contribution is -2.44. The van der Waals surface area contributed by atoms with Gasteiger partial charge >= 0.3 is 0 Å². The normalized spacial score (nSPS) is 31.5. The first kappa shape index (κ1) is 17.3. The van der Waals surface area contributed by atoms with Crippen LogP contribution in [0.25, 0.3) is 0 Å². The molecule has 3 N–H and O–H groups in total. The van der Waals surface area contributed by atoms with Gasteiger partial charge in [-0.2, -0.15) is 0 Å². The number of aliphatic imine (C=N–C) groups is 1. The summed E-state index contributed by atoms with van der Waals surface area (Å²) in [4.78, 5) is 6.03. The largest absolute Gasteiger partial charge is 0.390 e. The van der Waals surface area contributed by atoms with Crippen molar-refractivity contribution in [2.75, 3.05) is 19.5 Å². The lowest BCUT2D eigenvalue weighted by atomic mass is 9.83. The van der Waals surface area contributed by atoms with E-state index in [1.165, 1.54) is 0 Å². The third-order valence-corrected chi connectivity index (χ3v) is 5.76.